The monoisotopic (exact) mass is 315 g/mol. The summed E-state index contributed by atoms with van der Waals surface area (Å²) in [7, 11) is 0. The first-order valence-electron chi connectivity index (χ1n) is 5.19. The van der Waals surface area contributed by atoms with Gasteiger partial charge >= 0.3 is 0 Å². The molecule has 2 aromatic carbocycles. The van der Waals surface area contributed by atoms with Crippen molar-refractivity contribution in [2.75, 3.05) is 5.32 Å². The van der Waals surface area contributed by atoms with Gasteiger partial charge in [-0.15, -0.1) is 0 Å². The van der Waals surface area contributed by atoms with Gasteiger partial charge in [0.05, 0.1) is 5.69 Å². The Labute approximate surface area is 111 Å². The van der Waals surface area contributed by atoms with Crippen molar-refractivity contribution in [3.63, 3.8) is 0 Å². The summed E-state index contributed by atoms with van der Waals surface area (Å²) in [6, 6.07) is 7.38. The smallest absolute Gasteiger partial charge is 0.146 e. The van der Waals surface area contributed by atoms with Crippen LogP contribution in [0.1, 0.15) is 5.56 Å². The molecular formula is C13H9BrF3N. The maximum atomic E-state index is 13.3. The average molecular weight is 316 g/mol. The van der Waals surface area contributed by atoms with E-state index in [4.69, 9.17) is 0 Å². The number of halogens is 4. The molecule has 0 aromatic heterocycles. The van der Waals surface area contributed by atoms with Crippen molar-refractivity contribution in [1.82, 2.24) is 0 Å². The molecule has 0 spiro atoms. The lowest BCUT2D eigenvalue weighted by molar-refractivity contribution is 0.602. The SMILES string of the molecule is Fc1ccc(CNc2cc(F)ccc2F)c(Br)c1. The van der Waals surface area contributed by atoms with E-state index < -0.39 is 11.6 Å². The van der Waals surface area contributed by atoms with Crippen molar-refractivity contribution in [2.24, 2.45) is 0 Å². The van der Waals surface area contributed by atoms with Gasteiger partial charge in [0.25, 0.3) is 0 Å². The van der Waals surface area contributed by atoms with Crippen molar-refractivity contribution in [3.05, 3.63) is 63.9 Å². The second-order valence-corrected chi connectivity index (χ2v) is 4.57. The summed E-state index contributed by atoms with van der Waals surface area (Å²) in [6.07, 6.45) is 0. The predicted octanol–water partition coefficient (Wildman–Crippen LogP) is 4.48. The molecule has 0 amide bonds. The van der Waals surface area contributed by atoms with Crippen molar-refractivity contribution in [1.29, 1.82) is 0 Å². The molecule has 0 radical (unpaired) electrons. The van der Waals surface area contributed by atoms with E-state index in [1.165, 1.54) is 12.1 Å². The first-order chi connectivity index (χ1) is 8.56. The third kappa shape index (κ3) is 3.04. The van der Waals surface area contributed by atoms with Gasteiger partial charge in [-0.25, -0.2) is 13.2 Å². The van der Waals surface area contributed by atoms with Crippen LogP contribution in [-0.4, -0.2) is 0 Å². The molecule has 0 fully saturated rings. The molecule has 0 saturated carbocycles. The minimum atomic E-state index is -0.533. The molecule has 0 aliphatic carbocycles. The highest BCUT2D eigenvalue weighted by Gasteiger charge is 2.05. The predicted molar refractivity (Wildman–Crippen MR) is 67.8 cm³/mol. The van der Waals surface area contributed by atoms with Crippen molar-refractivity contribution >= 4 is 21.6 Å². The maximum Gasteiger partial charge on any atom is 0.146 e. The maximum absolute atomic E-state index is 13.3. The summed E-state index contributed by atoms with van der Waals surface area (Å²) in [5.74, 6) is -1.41. The fraction of sp³-hybridized carbons (Fsp3) is 0.0769. The van der Waals surface area contributed by atoms with E-state index in [-0.39, 0.29) is 18.0 Å². The van der Waals surface area contributed by atoms with Crippen LogP contribution in [-0.2, 0) is 6.54 Å². The summed E-state index contributed by atoms with van der Waals surface area (Å²) in [5, 5.41) is 2.76. The fourth-order valence-corrected chi connectivity index (χ4v) is 1.98. The van der Waals surface area contributed by atoms with Gasteiger partial charge in [0.15, 0.2) is 0 Å². The molecule has 2 aromatic rings. The molecule has 1 nitrogen and oxygen atoms in total. The van der Waals surface area contributed by atoms with Crippen LogP contribution in [0, 0.1) is 17.5 Å². The van der Waals surface area contributed by atoms with Crippen molar-refractivity contribution in [2.45, 2.75) is 6.54 Å². The van der Waals surface area contributed by atoms with E-state index in [0.29, 0.717) is 4.47 Å². The Morgan fingerprint density at radius 3 is 2.33 bits per heavy atom. The first-order valence-corrected chi connectivity index (χ1v) is 5.98. The Bertz CT molecular complexity index is 572. The molecule has 0 bridgehead atoms. The molecule has 0 saturated heterocycles. The Morgan fingerprint density at radius 1 is 0.944 bits per heavy atom. The molecule has 0 aliphatic rings. The molecule has 94 valence electrons. The Morgan fingerprint density at radius 2 is 1.61 bits per heavy atom. The van der Waals surface area contributed by atoms with Crippen LogP contribution in [0.3, 0.4) is 0 Å². The molecule has 18 heavy (non-hydrogen) atoms. The summed E-state index contributed by atoms with van der Waals surface area (Å²) < 4.78 is 39.7. The molecule has 1 N–H and O–H groups in total. The van der Waals surface area contributed by atoms with Crippen LogP contribution in [0.25, 0.3) is 0 Å². The fourth-order valence-electron chi connectivity index (χ4n) is 1.49. The van der Waals surface area contributed by atoms with Gasteiger partial charge in [-0.3, -0.25) is 0 Å². The first kappa shape index (κ1) is 13.0. The number of anilines is 1. The Kier molecular flexibility index (Phi) is 3.91. The van der Waals surface area contributed by atoms with Crippen LogP contribution in [0.2, 0.25) is 0 Å². The van der Waals surface area contributed by atoms with Gasteiger partial charge < -0.3 is 5.32 Å². The number of benzene rings is 2. The minimum absolute atomic E-state index is 0.0752. The normalized spacial score (nSPS) is 10.4. The zero-order valence-corrected chi connectivity index (χ0v) is 10.8. The van der Waals surface area contributed by atoms with Crippen LogP contribution < -0.4 is 5.32 Å². The summed E-state index contributed by atoms with van der Waals surface area (Å²) in [4.78, 5) is 0. The molecule has 0 aliphatic heterocycles. The summed E-state index contributed by atoms with van der Waals surface area (Å²) >= 11 is 3.21. The van der Waals surface area contributed by atoms with Crippen LogP contribution in [0.5, 0.6) is 0 Å². The van der Waals surface area contributed by atoms with E-state index in [1.807, 2.05) is 0 Å². The zero-order valence-electron chi connectivity index (χ0n) is 9.18. The van der Waals surface area contributed by atoms with Gasteiger partial charge in [0.1, 0.15) is 17.5 Å². The summed E-state index contributed by atoms with van der Waals surface area (Å²) in [5.41, 5.74) is 0.825. The molecular weight excluding hydrogens is 307 g/mol. The van der Waals surface area contributed by atoms with Gasteiger partial charge in [-0.2, -0.15) is 0 Å². The highest BCUT2D eigenvalue weighted by atomic mass is 79.9. The van der Waals surface area contributed by atoms with E-state index in [1.54, 1.807) is 6.07 Å². The second kappa shape index (κ2) is 5.44. The number of nitrogens with one attached hydrogen (secondary N) is 1. The van der Waals surface area contributed by atoms with Gasteiger partial charge in [-0.1, -0.05) is 22.0 Å². The largest absolute Gasteiger partial charge is 0.378 e. The Hall–Kier alpha value is -1.49. The van der Waals surface area contributed by atoms with Crippen molar-refractivity contribution in [3.8, 4) is 0 Å². The minimum Gasteiger partial charge on any atom is -0.378 e. The third-order valence-electron chi connectivity index (χ3n) is 2.41. The van der Waals surface area contributed by atoms with E-state index in [2.05, 4.69) is 21.2 Å². The lowest BCUT2D eigenvalue weighted by Crippen LogP contribution is -2.02. The standard InChI is InChI=1S/C13H9BrF3N/c14-11-5-9(15)2-1-8(11)7-18-13-6-10(16)3-4-12(13)17/h1-6,18H,7H2. The van der Waals surface area contributed by atoms with Crippen molar-refractivity contribution < 1.29 is 13.2 Å². The van der Waals surface area contributed by atoms with Gasteiger partial charge in [0, 0.05) is 11.0 Å². The van der Waals surface area contributed by atoms with E-state index in [9.17, 15) is 13.2 Å². The molecule has 5 heteroatoms. The molecule has 2 rings (SSSR count). The van der Waals surface area contributed by atoms with E-state index in [0.717, 1.165) is 23.8 Å². The molecule has 0 atom stereocenters. The summed E-state index contributed by atoms with van der Waals surface area (Å²) in [6.45, 7) is 0.265. The molecule has 0 unspecified atom stereocenters. The Balaban J connectivity index is 2.13. The lowest BCUT2D eigenvalue weighted by atomic mass is 10.2. The number of hydrogen-bond donors (Lipinski definition) is 1. The van der Waals surface area contributed by atoms with Gasteiger partial charge in [-0.05, 0) is 35.9 Å². The quantitative estimate of drug-likeness (QED) is 0.880. The number of rotatable bonds is 3. The third-order valence-corrected chi connectivity index (χ3v) is 3.15. The van der Waals surface area contributed by atoms with Crippen LogP contribution in [0.15, 0.2) is 40.9 Å². The van der Waals surface area contributed by atoms with Crippen LogP contribution >= 0.6 is 15.9 Å². The van der Waals surface area contributed by atoms with Gasteiger partial charge in [0.2, 0.25) is 0 Å². The highest BCUT2D eigenvalue weighted by Crippen LogP contribution is 2.21. The average Bonchev–Trinajstić information content (AvgIpc) is 2.32. The zero-order chi connectivity index (χ0) is 13.1. The highest BCUT2D eigenvalue weighted by molar-refractivity contribution is 9.10. The van der Waals surface area contributed by atoms with Crippen LogP contribution in [0.4, 0.5) is 18.9 Å². The molecule has 0 heterocycles. The lowest BCUT2D eigenvalue weighted by Gasteiger charge is -2.09. The second-order valence-electron chi connectivity index (χ2n) is 3.71. The van der Waals surface area contributed by atoms with E-state index >= 15 is 0 Å². The topological polar surface area (TPSA) is 12.0 Å². The number of hydrogen-bond acceptors (Lipinski definition) is 1.